The summed E-state index contributed by atoms with van der Waals surface area (Å²) < 4.78 is 11.0. The van der Waals surface area contributed by atoms with E-state index >= 15 is 0 Å². The van der Waals surface area contributed by atoms with E-state index in [1.54, 1.807) is 7.11 Å². The van der Waals surface area contributed by atoms with Crippen molar-refractivity contribution in [3.63, 3.8) is 0 Å². The summed E-state index contributed by atoms with van der Waals surface area (Å²) in [4.78, 5) is 0. The predicted octanol–water partition coefficient (Wildman–Crippen LogP) is 2.40. The highest BCUT2D eigenvalue weighted by atomic mass is 16.5. The highest BCUT2D eigenvalue weighted by molar-refractivity contribution is 5.30. The van der Waals surface area contributed by atoms with E-state index in [9.17, 15) is 0 Å². The molecule has 4 heteroatoms. The Morgan fingerprint density at radius 3 is 2.33 bits per heavy atom. The Morgan fingerprint density at radius 1 is 1.28 bits per heavy atom. The molecular formula is C14H24N2O2. The van der Waals surface area contributed by atoms with Crippen LogP contribution in [0.15, 0.2) is 24.3 Å². The standard InChI is InChI=1S/C14H24N2O2/c1-5-10-18-12-8-6-11(7-9-12)13(16-15)14(2,3)17-4/h6-9,13,16H,5,10,15H2,1-4H3. The highest BCUT2D eigenvalue weighted by Gasteiger charge is 2.29. The van der Waals surface area contributed by atoms with Crippen LogP contribution < -0.4 is 16.0 Å². The van der Waals surface area contributed by atoms with Crippen molar-refractivity contribution < 1.29 is 9.47 Å². The van der Waals surface area contributed by atoms with E-state index < -0.39 is 0 Å². The van der Waals surface area contributed by atoms with Gasteiger partial charge in [0.05, 0.1) is 18.2 Å². The predicted molar refractivity (Wildman–Crippen MR) is 73.4 cm³/mol. The Balaban J connectivity index is 2.82. The Kier molecular flexibility index (Phi) is 5.59. The van der Waals surface area contributed by atoms with Crippen LogP contribution in [0.4, 0.5) is 0 Å². The molecule has 102 valence electrons. The van der Waals surface area contributed by atoms with Gasteiger partial charge in [0.25, 0.3) is 0 Å². The second kappa shape index (κ2) is 6.73. The topological polar surface area (TPSA) is 56.5 Å². The number of nitrogens with two attached hydrogens (primary N) is 1. The Hall–Kier alpha value is -1.10. The number of rotatable bonds is 7. The minimum atomic E-state index is -0.374. The molecule has 1 unspecified atom stereocenters. The molecule has 0 amide bonds. The highest BCUT2D eigenvalue weighted by Crippen LogP contribution is 2.28. The van der Waals surface area contributed by atoms with Gasteiger partial charge in [-0.15, -0.1) is 0 Å². The zero-order valence-electron chi connectivity index (χ0n) is 11.7. The van der Waals surface area contributed by atoms with Crippen LogP contribution in [-0.2, 0) is 4.74 Å². The molecule has 0 spiro atoms. The third kappa shape index (κ3) is 3.70. The summed E-state index contributed by atoms with van der Waals surface area (Å²) in [5, 5.41) is 0. The number of hydrazine groups is 1. The Morgan fingerprint density at radius 2 is 1.89 bits per heavy atom. The maximum Gasteiger partial charge on any atom is 0.119 e. The third-order valence-corrected chi connectivity index (χ3v) is 3.07. The van der Waals surface area contributed by atoms with Gasteiger partial charge in [-0.2, -0.15) is 0 Å². The molecule has 0 aliphatic carbocycles. The van der Waals surface area contributed by atoms with Crippen molar-refractivity contribution in [2.45, 2.75) is 38.8 Å². The molecule has 18 heavy (non-hydrogen) atoms. The van der Waals surface area contributed by atoms with E-state index in [4.69, 9.17) is 15.3 Å². The lowest BCUT2D eigenvalue weighted by molar-refractivity contribution is -0.0111. The van der Waals surface area contributed by atoms with Crippen LogP contribution in [-0.4, -0.2) is 19.3 Å². The van der Waals surface area contributed by atoms with Gasteiger partial charge in [0.15, 0.2) is 0 Å². The van der Waals surface area contributed by atoms with Crippen LogP contribution in [0.2, 0.25) is 0 Å². The SMILES string of the molecule is CCCOc1ccc(C(NN)C(C)(C)OC)cc1. The first-order valence-corrected chi connectivity index (χ1v) is 6.29. The molecule has 1 aromatic carbocycles. The Bertz CT molecular complexity index is 349. The molecular weight excluding hydrogens is 228 g/mol. The molecule has 0 saturated heterocycles. The summed E-state index contributed by atoms with van der Waals surface area (Å²) in [6, 6.07) is 7.87. The quantitative estimate of drug-likeness (QED) is 0.578. The Labute approximate surface area is 109 Å². The first kappa shape index (κ1) is 15.0. The van der Waals surface area contributed by atoms with E-state index in [-0.39, 0.29) is 11.6 Å². The number of benzene rings is 1. The van der Waals surface area contributed by atoms with Gasteiger partial charge in [-0.25, -0.2) is 0 Å². The number of nitrogens with one attached hydrogen (secondary N) is 1. The largest absolute Gasteiger partial charge is 0.494 e. The molecule has 0 radical (unpaired) electrons. The number of hydrogen-bond acceptors (Lipinski definition) is 4. The summed E-state index contributed by atoms with van der Waals surface area (Å²) >= 11 is 0. The fourth-order valence-electron chi connectivity index (χ4n) is 1.79. The minimum Gasteiger partial charge on any atom is -0.494 e. The summed E-state index contributed by atoms with van der Waals surface area (Å²) in [6.45, 7) is 6.82. The summed E-state index contributed by atoms with van der Waals surface area (Å²) in [5.74, 6) is 6.50. The van der Waals surface area contributed by atoms with Crippen molar-refractivity contribution in [2.24, 2.45) is 5.84 Å². The lowest BCUT2D eigenvalue weighted by Gasteiger charge is -2.32. The van der Waals surface area contributed by atoms with Crippen LogP contribution in [0.1, 0.15) is 38.8 Å². The van der Waals surface area contributed by atoms with Crippen LogP contribution in [0.25, 0.3) is 0 Å². The maximum atomic E-state index is 5.62. The van der Waals surface area contributed by atoms with Gasteiger partial charge in [0.2, 0.25) is 0 Å². The van der Waals surface area contributed by atoms with Gasteiger partial charge in [-0.1, -0.05) is 19.1 Å². The first-order chi connectivity index (χ1) is 8.55. The summed E-state index contributed by atoms with van der Waals surface area (Å²) in [5.41, 5.74) is 3.51. The van der Waals surface area contributed by atoms with Crippen molar-refractivity contribution >= 4 is 0 Å². The monoisotopic (exact) mass is 252 g/mol. The molecule has 0 aliphatic heterocycles. The van der Waals surface area contributed by atoms with Crippen LogP contribution in [0.3, 0.4) is 0 Å². The van der Waals surface area contributed by atoms with Crippen molar-refractivity contribution in [3.05, 3.63) is 29.8 Å². The van der Waals surface area contributed by atoms with Gasteiger partial charge in [0.1, 0.15) is 5.75 Å². The number of ether oxygens (including phenoxy) is 2. The fourth-order valence-corrected chi connectivity index (χ4v) is 1.79. The van der Waals surface area contributed by atoms with E-state index in [1.165, 1.54) is 0 Å². The lowest BCUT2D eigenvalue weighted by Crippen LogP contribution is -2.43. The summed E-state index contributed by atoms with van der Waals surface area (Å²) in [7, 11) is 1.68. The lowest BCUT2D eigenvalue weighted by atomic mass is 9.92. The summed E-state index contributed by atoms with van der Waals surface area (Å²) in [6.07, 6.45) is 1.01. The van der Waals surface area contributed by atoms with Gasteiger partial charge in [-0.3, -0.25) is 11.3 Å². The van der Waals surface area contributed by atoms with E-state index in [1.807, 2.05) is 38.1 Å². The molecule has 0 heterocycles. The molecule has 1 rings (SSSR count). The van der Waals surface area contributed by atoms with Crippen molar-refractivity contribution in [3.8, 4) is 5.75 Å². The third-order valence-electron chi connectivity index (χ3n) is 3.07. The molecule has 4 nitrogen and oxygen atoms in total. The number of hydrogen-bond donors (Lipinski definition) is 2. The van der Waals surface area contributed by atoms with E-state index in [0.29, 0.717) is 0 Å². The first-order valence-electron chi connectivity index (χ1n) is 6.29. The molecule has 0 saturated carbocycles. The normalized spacial score (nSPS) is 13.4. The van der Waals surface area contributed by atoms with Crippen LogP contribution in [0.5, 0.6) is 5.75 Å². The minimum absolute atomic E-state index is 0.0669. The number of methoxy groups -OCH3 is 1. The molecule has 1 atom stereocenters. The van der Waals surface area contributed by atoms with Crippen molar-refractivity contribution in [1.82, 2.24) is 5.43 Å². The van der Waals surface area contributed by atoms with Gasteiger partial charge >= 0.3 is 0 Å². The van der Waals surface area contributed by atoms with E-state index in [2.05, 4.69) is 12.3 Å². The van der Waals surface area contributed by atoms with E-state index in [0.717, 1.165) is 24.3 Å². The van der Waals surface area contributed by atoms with Gasteiger partial charge < -0.3 is 9.47 Å². The van der Waals surface area contributed by atoms with Crippen LogP contribution >= 0.6 is 0 Å². The molecule has 0 fully saturated rings. The second-order valence-corrected chi connectivity index (χ2v) is 4.82. The fraction of sp³-hybridized carbons (Fsp3) is 0.571. The second-order valence-electron chi connectivity index (χ2n) is 4.82. The molecule has 0 bridgehead atoms. The van der Waals surface area contributed by atoms with Gasteiger partial charge in [-0.05, 0) is 38.0 Å². The van der Waals surface area contributed by atoms with Crippen molar-refractivity contribution in [1.29, 1.82) is 0 Å². The average molecular weight is 252 g/mol. The molecule has 1 aromatic rings. The maximum absolute atomic E-state index is 5.62. The molecule has 0 aromatic heterocycles. The molecule has 0 aliphatic rings. The van der Waals surface area contributed by atoms with Crippen LogP contribution in [0, 0.1) is 0 Å². The van der Waals surface area contributed by atoms with Crippen molar-refractivity contribution in [2.75, 3.05) is 13.7 Å². The smallest absolute Gasteiger partial charge is 0.119 e. The average Bonchev–Trinajstić information content (AvgIpc) is 2.38. The zero-order chi connectivity index (χ0) is 13.6. The molecule has 3 N–H and O–H groups in total. The zero-order valence-corrected chi connectivity index (χ0v) is 11.7. The van der Waals surface area contributed by atoms with Gasteiger partial charge in [0, 0.05) is 7.11 Å².